The van der Waals surface area contributed by atoms with E-state index in [4.69, 9.17) is 4.98 Å². The quantitative estimate of drug-likeness (QED) is 0.899. The van der Waals surface area contributed by atoms with Gasteiger partial charge in [-0.3, -0.25) is 0 Å². The third kappa shape index (κ3) is 2.14. The van der Waals surface area contributed by atoms with Crippen LogP contribution in [-0.4, -0.2) is 38.2 Å². The highest BCUT2D eigenvalue weighted by atomic mass is 32.1. The topological polar surface area (TPSA) is 20.6 Å². The van der Waals surface area contributed by atoms with E-state index in [9.17, 15) is 0 Å². The van der Waals surface area contributed by atoms with Crippen LogP contribution in [0.4, 0.5) is 5.13 Å². The summed E-state index contributed by atoms with van der Waals surface area (Å²) in [5, 5.41) is 3.73. The first-order valence-electron chi connectivity index (χ1n) is 9.22. The molecule has 0 atom stereocenters. The van der Waals surface area contributed by atoms with Gasteiger partial charge in [-0.2, -0.15) is 0 Å². The molecule has 120 valence electrons. The second-order valence-corrected chi connectivity index (χ2v) is 9.49. The van der Waals surface area contributed by atoms with Crippen LogP contribution in [0.1, 0.15) is 44.2 Å². The lowest BCUT2D eigenvalue weighted by molar-refractivity contribution is -0.880. The molecule has 4 aliphatic carbocycles. The Bertz CT molecular complexity index is 523. The van der Waals surface area contributed by atoms with Gasteiger partial charge in [0.05, 0.1) is 38.9 Å². The number of piperazine rings is 1. The van der Waals surface area contributed by atoms with Crippen LogP contribution in [-0.2, 0) is 5.41 Å². The second kappa shape index (κ2) is 4.94. The maximum atomic E-state index is 5.18. The van der Waals surface area contributed by atoms with Crippen molar-refractivity contribution in [3.63, 3.8) is 0 Å². The Balaban J connectivity index is 1.40. The van der Waals surface area contributed by atoms with Crippen LogP contribution < -0.4 is 9.80 Å². The summed E-state index contributed by atoms with van der Waals surface area (Å²) < 4.78 is 0. The zero-order valence-corrected chi connectivity index (χ0v) is 14.5. The number of likely N-dealkylation sites (N-methyl/N-ethyl adjacent to an activating group) is 1. The molecule has 1 saturated heterocycles. The average Bonchev–Trinajstić information content (AvgIpc) is 2.97. The van der Waals surface area contributed by atoms with E-state index >= 15 is 0 Å². The number of nitrogens with zero attached hydrogens (tertiary/aromatic N) is 2. The van der Waals surface area contributed by atoms with E-state index in [1.54, 1.807) is 4.90 Å². The Kier molecular flexibility index (Phi) is 3.10. The van der Waals surface area contributed by atoms with Crippen molar-refractivity contribution in [3.8, 4) is 0 Å². The summed E-state index contributed by atoms with van der Waals surface area (Å²) in [5.74, 6) is 3.05. The predicted octanol–water partition coefficient (Wildman–Crippen LogP) is 1.95. The van der Waals surface area contributed by atoms with Gasteiger partial charge in [0.2, 0.25) is 0 Å². The summed E-state index contributed by atoms with van der Waals surface area (Å²) >= 11 is 1.91. The molecule has 2 heterocycles. The van der Waals surface area contributed by atoms with E-state index in [1.165, 1.54) is 75.5 Å². The summed E-state index contributed by atoms with van der Waals surface area (Å²) in [5.41, 5.74) is 1.94. The fourth-order valence-electron chi connectivity index (χ4n) is 6.16. The summed E-state index contributed by atoms with van der Waals surface area (Å²) in [4.78, 5) is 9.37. The average molecular weight is 319 g/mol. The molecular formula is C18H28N3S+. The minimum absolute atomic E-state index is 0.474. The Labute approximate surface area is 137 Å². The standard InChI is InChI=1S/C18H27N3S/c1-20-2-4-21(5-3-20)17-19-16(12-22-17)18-9-13-6-14(10-18)8-15(7-13)11-18/h12-15H,2-11H2,1H3/p+1. The van der Waals surface area contributed by atoms with E-state index in [2.05, 4.69) is 17.3 Å². The fraction of sp³-hybridized carbons (Fsp3) is 0.833. The highest BCUT2D eigenvalue weighted by Gasteiger charge is 2.52. The molecule has 0 amide bonds. The Morgan fingerprint density at radius 3 is 2.27 bits per heavy atom. The third-order valence-electron chi connectivity index (χ3n) is 6.96. The third-order valence-corrected chi connectivity index (χ3v) is 7.86. The summed E-state index contributed by atoms with van der Waals surface area (Å²) in [7, 11) is 2.31. The summed E-state index contributed by atoms with van der Waals surface area (Å²) in [6.45, 7) is 4.87. The van der Waals surface area contributed by atoms with Crippen molar-refractivity contribution in [2.45, 2.75) is 43.9 Å². The molecule has 5 fully saturated rings. The fourth-order valence-corrected chi connectivity index (χ4v) is 7.16. The van der Waals surface area contributed by atoms with Gasteiger partial charge in [0.15, 0.2) is 5.13 Å². The SMILES string of the molecule is C[NH+]1CCN(c2nc(C34CC5CC(CC(C5)C3)C4)cs2)CC1. The summed E-state index contributed by atoms with van der Waals surface area (Å²) in [6.07, 6.45) is 8.89. The monoisotopic (exact) mass is 318 g/mol. The number of nitrogens with one attached hydrogen (secondary N) is 1. The van der Waals surface area contributed by atoms with Crippen molar-refractivity contribution in [3.05, 3.63) is 11.1 Å². The number of anilines is 1. The van der Waals surface area contributed by atoms with Crippen LogP contribution in [0, 0.1) is 17.8 Å². The van der Waals surface area contributed by atoms with E-state index in [-0.39, 0.29) is 0 Å². The Morgan fingerprint density at radius 1 is 1.09 bits per heavy atom. The van der Waals surface area contributed by atoms with Gasteiger partial charge in [-0.25, -0.2) is 4.98 Å². The smallest absolute Gasteiger partial charge is 0.185 e. The molecule has 4 saturated carbocycles. The molecule has 1 aromatic heterocycles. The minimum Gasteiger partial charge on any atom is -0.337 e. The second-order valence-electron chi connectivity index (χ2n) is 8.66. The highest BCUT2D eigenvalue weighted by molar-refractivity contribution is 7.13. The van der Waals surface area contributed by atoms with Crippen LogP contribution >= 0.6 is 11.3 Å². The Morgan fingerprint density at radius 2 is 1.68 bits per heavy atom. The molecule has 6 rings (SSSR count). The van der Waals surface area contributed by atoms with Gasteiger partial charge in [-0.05, 0) is 56.3 Å². The minimum atomic E-state index is 0.474. The van der Waals surface area contributed by atoms with Crippen molar-refractivity contribution in [2.24, 2.45) is 17.8 Å². The van der Waals surface area contributed by atoms with Gasteiger partial charge in [0, 0.05) is 10.8 Å². The van der Waals surface area contributed by atoms with Gasteiger partial charge < -0.3 is 9.80 Å². The molecule has 4 heteroatoms. The van der Waals surface area contributed by atoms with Crippen LogP contribution in [0.25, 0.3) is 0 Å². The van der Waals surface area contributed by atoms with E-state index in [1.807, 2.05) is 11.3 Å². The van der Waals surface area contributed by atoms with Crippen molar-refractivity contribution in [1.29, 1.82) is 0 Å². The van der Waals surface area contributed by atoms with Gasteiger partial charge in [-0.1, -0.05) is 0 Å². The normalized spacial score (nSPS) is 41.3. The van der Waals surface area contributed by atoms with Crippen LogP contribution in [0.15, 0.2) is 5.38 Å². The molecule has 4 bridgehead atoms. The van der Waals surface area contributed by atoms with E-state index in [0.717, 1.165) is 17.8 Å². The number of thiazole rings is 1. The lowest BCUT2D eigenvalue weighted by Crippen LogP contribution is -3.12. The maximum absolute atomic E-state index is 5.18. The molecule has 22 heavy (non-hydrogen) atoms. The molecule has 5 aliphatic rings. The lowest BCUT2D eigenvalue weighted by Gasteiger charge is -2.56. The van der Waals surface area contributed by atoms with E-state index < -0.39 is 0 Å². The number of rotatable bonds is 2. The Hall–Kier alpha value is -0.610. The molecule has 1 aromatic rings. The van der Waals surface area contributed by atoms with Gasteiger partial charge in [0.25, 0.3) is 0 Å². The first-order chi connectivity index (χ1) is 10.7. The zero-order valence-electron chi connectivity index (χ0n) is 13.7. The molecule has 0 radical (unpaired) electrons. The van der Waals surface area contributed by atoms with Crippen LogP contribution in [0.3, 0.4) is 0 Å². The van der Waals surface area contributed by atoms with Crippen molar-refractivity contribution in [2.75, 3.05) is 38.1 Å². The maximum Gasteiger partial charge on any atom is 0.185 e. The zero-order chi connectivity index (χ0) is 14.7. The van der Waals surface area contributed by atoms with Gasteiger partial charge in [0.1, 0.15) is 0 Å². The molecule has 3 nitrogen and oxygen atoms in total. The number of hydrogen-bond acceptors (Lipinski definition) is 3. The number of quaternary nitrogens is 1. The van der Waals surface area contributed by atoms with Gasteiger partial charge in [-0.15, -0.1) is 11.3 Å². The van der Waals surface area contributed by atoms with Crippen molar-refractivity contribution in [1.82, 2.24) is 4.98 Å². The number of hydrogen-bond donors (Lipinski definition) is 1. The molecule has 0 spiro atoms. The molecule has 0 aromatic carbocycles. The highest BCUT2D eigenvalue weighted by Crippen LogP contribution is 2.60. The molecular weight excluding hydrogens is 290 g/mol. The van der Waals surface area contributed by atoms with Crippen molar-refractivity contribution < 1.29 is 4.90 Å². The molecule has 1 N–H and O–H groups in total. The van der Waals surface area contributed by atoms with E-state index in [0.29, 0.717) is 5.41 Å². The predicted molar refractivity (Wildman–Crippen MR) is 90.8 cm³/mol. The molecule has 0 unspecified atom stereocenters. The van der Waals surface area contributed by atoms with Crippen LogP contribution in [0.5, 0.6) is 0 Å². The number of aromatic nitrogens is 1. The first kappa shape index (κ1) is 13.8. The summed E-state index contributed by atoms with van der Waals surface area (Å²) in [6, 6.07) is 0. The van der Waals surface area contributed by atoms with Gasteiger partial charge >= 0.3 is 0 Å². The van der Waals surface area contributed by atoms with Crippen molar-refractivity contribution >= 4 is 16.5 Å². The molecule has 1 aliphatic heterocycles. The lowest BCUT2D eigenvalue weighted by atomic mass is 9.49. The largest absolute Gasteiger partial charge is 0.337 e. The van der Waals surface area contributed by atoms with Crippen LogP contribution in [0.2, 0.25) is 0 Å². The first-order valence-corrected chi connectivity index (χ1v) is 10.1.